The molecule has 72 valence electrons. The van der Waals surface area contributed by atoms with Crippen LogP contribution in [0.3, 0.4) is 0 Å². The fraction of sp³-hybridized carbons (Fsp3) is 0.500. The Morgan fingerprint density at radius 3 is 2.92 bits per heavy atom. The first-order valence-electron chi connectivity index (χ1n) is 4.01. The van der Waals surface area contributed by atoms with E-state index in [0.29, 0.717) is 18.6 Å². The number of hydrogen-bond donors (Lipinski definition) is 2. The molecule has 1 aliphatic heterocycles. The summed E-state index contributed by atoms with van der Waals surface area (Å²) < 4.78 is 4.87. The van der Waals surface area contributed by atoms with Gasteiger partial charge in [-0.1, -0.05) is 0 Å². The number of carboxylic acid groups (broad SMARTS) is 1. The van der Waals surface area contributed by atoms with E-state index in [-0.39, 0.29) is 18.9 Å². The SMILES string of the molecule is O=C(O)CCNC(=O)C1=COCC1. The van der Waals surface area contributed by atoms with Crippen molar-refractivity contribution in [2.45, 2.75) is 12.8 Å². The number of amides is 1. The van der Waals surface area contributed by atoms with Crippen molar-refractivity contribution < 1.29 is 19.4 Å². The van der Waals surface area contributed by atoms with Crippen molar-refractivity contribution in [2.24, 2.45) is 0 Å². The lowest BCUT2D eigenvalue weighted by Crippen LogP contribution is -2.26. The number of carbonyl (C=O) groups is 2. The van der Waals surface area contributed by atoms with Gasteiger partial charge in [0, 0.05) is 13.0 Å². The van der Waals surface area contributed by atoms with Crippen LogP contribution in [-0.2, 0) is 14.3 Å². The molecular weight excluding hydrogens is 174 g/mol. The Kier molecular flexibility index (Phi) is 3.31. The molecule has 1 rings (SSSR count). The Labute approximate surface area is 75.4 Å². The standard InChI is InChI=1S/C8H11NO4/c10-7(11)1-3-9-8(12)6-2-4-13-5-6/h5H,1-4H2,(H,9,12)(H,10,11). The molecule has 0 aromatic heterocycles. The van der Waals surface area contributed by atoms with Gasteiger partial charge in [0.1, 0.15) is 0 Å². The summed E-state index contributed by atoms with van der Waals surface area (Å²) in [5.74, 6) is -1.16. The van der Waals surface area contributed by atoms with Crippen molar-refractivity contribution >= 4 is 11.9 Å². The van der Waals surface area contributed by atoms with E-state index in [9.17, 15) is 9.59 Å². The first-order chi connectivity index (χ1) is 6.20. The van der Waals surface area contributed by atoms with Gasteiger partial charge in [0.05, 0.1) is 24.9 Å². The van der Waals surface area contributed by atoms with Gasteiger partial charge in [0.2, 0.25) is 5.91 Å². The molecule has 0 radical (unpaired) electrons. The van der Waals surface area contributed by atoms with Gasteiger partial charge in [-0.05, 0) is 0 Å². The van der Waals surface area contributed by atoms with Crippen LogP contribution in [0.4, 0.5) is 0 Å². The first-order valence-corrected chi connectivity index (χ1v) is 4.01. The minimum Gasteiger partial charge on any atom is -0.500 e. The fourth-order valence-corrected chi connectivity index (χ4v) is 0.951. The average Bonchev–Trinajstić information content (AvgIpc) is 2.55. The summed E-state index contributed by atoms with van der Waals surface area (Å²) in [6.07, 6.45) is 1.95. The molecule has 0 bridgehead atoms. The summed E-state index contributed by atoms with van der Waals surface area (Å²) in [6.45, 7) is 0.688. The molecule has 5 heteroatoms. The Hall–Kier alpha value is -1.52. The lowest BCUT2D eigenvalue weighted by atomic mass is 10.2. The Bertz CT molecular complexity index is 247. The van der Waals surface area contributed by atoms with E-state index >= 15 is 0 Å². The molecule has 0 atom stereocenters. The summed E-state index contributed by atoms with van der Waals surface area (Å²) in [5.41, 5.74) is 0.574. The highest BCUT2D eigenvalue weighted by Gasteiger charge is 2.13. The summed E-state index contributed by atoms with van der Waals surface area (Å²) >= 11 is 0. The molecule has 0 unspecified atom stereocenters. The maximum Gasteiger partial charge on any atom is 0.305 e. The Balaban J connectivity index is 2.21. The van der Waals surface area contributed by atoms with Gasteiger partial charge < -0.3 is 15.2 Å². The number of carbonyl (C=O) groups excluding carboxylic acids is 1. The van der Waals surface area contributed by atoms with Crippen LogP contribution in [0.15, 0.2) is 11.8 Å². The number of hydrogen-bond acceptors (Lipinski definition) is 3. The molecule has 0 aliphatic carbocycles. The van der Waals surface area contributed by atoms with Crippen molar-refractivity contribution in [1.82, 2.24) is 5.32 Å². The molecule has 0 saturated carbocycles. The number of nitrogens with one attached hydrogen (secondary N) is 1. The second-order valence-electron chi connectivity index (χ2n) is 2.66. The first kappa shape index (κ1) is 9.57. The molecule has 1 aliphatic rings. The molecule has 0 saturated heterocycles. The van der Waals surface area contributed by atoms with E-state index < -0.39 is 5.97 Å². The molecular formula is C8H11NO4. The van der Waals surface area contributed by atoms with Crippen LogP contribution in [0, 0.1) is 0 Å². The van der Waals surface area contributed by atoms with Crippen molar-refractivity contribution in [3.63, 3.8) is 0 Å². The molecule has 1 amide bonds. The van der Waals surface area contributed by atoms with Crippen molar-refractivity contribution in [3.8, 4) is 0 Å². The third-order valence-corrected chi connectivity index (χ3v) is 1.63. The van der Waals surface area contributed by atoms with Crippen LogP contribution in [0.2, 0.25) is 0 Å². The zero-order valence-corrected chi connectivity index (χ0v) is 7.08. The maximum atomic E-state index is 11.2. The van der Waals surface area contributed by atoms with E-state index in [4.69, 9.17) is 9.84 Å². The minimum absolute atomic E-state index is 0.0557. The fourth-order valence-electron chi connectivity index (χ4n) is 0.951. The van der Waals surface area contributed by atoms with Gasteiger partial charge in [-0.2, -0.15) is 0 Å². The van der Waals surface area contributed by atoms with E-state index in [1.807, 2.05) is 0 Å². The highest BCUT2D eigenvalue weighted by molar-refractivity contribution is 5.93. The summed E-state index contributed by atoms with van der Waals surface area (Å²) in [4.78, 5) is 21.3. The Morgan fingerprint density at radius 1 is 1.62 bits per heavy atom. The number of aliphatic carboxylic acids is 1. The second-order valence-corrected chi connectivity index (χ2v) is 2.66. The quantitative estimate of drug-likeness (QED) is 0.640. The van der Waals surface area contributed by atoms with E-state index in [0.717, 1.165) is 0 Å². The number of rotatable bonds is 4. The van der Waals surface area contributed by atoms with Crippen molar-refractivity contribution in [1.29, 1.82) is 0 Å². The summed E-state index contributed by atoms with van der Waals surface area (Å²) in [6, 6.07) is 0. The topological polar surface area (TPSA) is 75.6 Å². The lowest BCUT2D eigenvalue weighted by molar-refractivity contribution is -0.136. The molecule has 2 N–H and O–H groups in total. The van der Waals surface area contributed by atoms with E-state index in [2.05, 4.69) is 5.32 Å². The van der Waals surface area contributed by atoms with Gasteiger partial charge in [-0.15, -0.1) is 0 Å². The third-order valence-electron chi connectivity index (χ3n) is 1.63. The largest absolute Gasteiger partial charge is 0.500 e. The van der Waals surface area contributed by atoms with Gasteiger partial charge in [-0.25, -0.2) is 0 Å². The van der Waals surface area contributed by atoms with Crippen LogP contribution < -0.4 is 5.32 Å². The lowest BCUT2D eigenvalue weighted by Gasteiger charge is -2.01. The minimum atomic E-state index is -0.919. The number of carboxylic acids is 1. The van der Waals surface area contributed by atoms with Gasteiger partial charge in [0.25, 0.3) is 0 Å². The van der Waals surface area contributed by atoms with Crippen LogP contribution in [-0.4, -0.2) is 30.1 Å². The van der Waals surface area contributed by atoms with E-state index in [1.165, 1.54) is 6.26 Å². The molecule has 13 heavy (non-hydrogen) atoms. The third kappa shape index (κ3) is 3.14. The zero-order chi connectivity index (χ0) is 9.68. The zero-order valence-electron chi connectivity index (χ0n) is 7.08. The second kappa shape index (κ2) is 4.49. The van der Waals surface area contributed by atoms with Gasteiger partial charge >= 0.3 is 5.97 Å². The smallest absolute Gasteiger partial charge is 0.305 e. The number of ether oxygens (including phenoxy) is 1. The van der Waals surface area contributed by atoms with Crippen LogP contribution in [0.5, 0.6) is 0 Å². The van der Waals surface area contributed by atoms with Gasteiger partial charge in [0.15, 0.2) is 0 Å². The average molecular weight is 185 g/mol. The normalized spacial score (nSPS) is 14.6. The molecule has 5 nitrogen and oxygen atoms in total. The molecule has 1 heterocycles. The van der Waals surface area contributed by atoms with Gasteiger partial charge in [-0.3, -0.25) is 9.59 Å². The van der Waals surface area contributed by atoms with Crippen LogP contribution in [0.25, 0.3) is 0 Å². The molecule has 0 aromatic carbocycles. The molecule has 0 aromatic rings. The summed E-state index contributed by atoms with van der Waals surface area (Å²) in [5, 5.41) is 10.8. The van der Waals surface area contributed by atoms with Crippen LogP contribution >= 0.6 is 0 Å². The maximum absolute atomic E-state index is 11.2. The van der Waals surface area contributed by atoms with Crippen molar-refractivity contribution in [2.75, 3.05) is 13.2 Å². The van der Waals surface area contributed by atoms with Crippen molar-refractivity contribution in [3.05, 3.63) is 11.8 Å². The molecule has 0 spiro atoms. The monoisotopic (exact) mass is 185 g/mol. The predicted octanol–water partition coefficient (Wildman–Crippen LogP) is -0.118. The highest BCUT2D eigenvalue weighted by Crippen LogP contribution is 2.09. The summed E-state index contributed by atoms with van der Waals surface area (Å²) in [7, 11) is 0. The Morgan fingerprint density at radius 2 is 2.38 bits per heavy atom. The van der Waals surface area contributed by atoms with E-state index in [1.54, 1.807) is 0 Å². The molecule has 0 fully saturated rings. The highest BCUT2D eigenvalue weighted by atomic mass is 16.5. The van der Waals surface area contributed by atoms with Crippen LogP contribution in [0.1, 0.15) is 12.8 Å². The predicted molar refractivity (Wildman–Crippen MR) is 43.9 cm³/mol.